The third-order valence-electron chi connectivity index (χ3n) is 4.86. The second-order valence-corrected chi connectivity index (χ2v) is 6.55. The lowest BCUT2D eigenvalue weighted by Crippen LogP contribution is -1.89. The Hall–Kier alpha value is -2.86. The molecular formula is C22H20N2O. The predicted octanol–water partition coefficient (Wildman–Crippen LogP) is 5.25. The Morgan fingerprint density at radius 2 is 1.88 bits per heavy atom. The Kier molecular flexibility index (Phi) is 4.35. The van der Waals surface area contributed by atoms with Gasteiger partial charge in [0.15, 0.2) is 11.5 Å². The summed E-state index contributed by atoms with van der Waals surface area (Å²) in [6.45, 7) is 0. The maximum atomic E-state index is 8.99. The van der Waals surface area contributed by atoms with Crippen LogP contribution in [0.25, 0.3) is 16.7 Å². The van der Waals surface area contributed by atoms with E-state index in [4.69, 9.17) is 9.68 Å². The number of fused-ring (bicyclic) bond motifs is 3. The molecule has 0 spiro atoms. The summed E-state index contributed by atoms with van der Waals surface area (Å²) in [5.74, 6) is 0.805. The highest BCUT2D eigenvalue weighted by Crippen LogP contribution is 2.37. The molecule has 1 heterocycles. The molecule has 0 unspecified atom stereocenters. The van der Waals surface area contributed by atoms with Crippen molar-refractivity contribution in [3.8, 4) is 6.07 Å². The molecule has 0 aliphatic heterocycles. The van der Waals surface area contributed by atoms with Gasteiger partial charge >= 0.3 is 0 Å². The van der Waals surface area contributed by atoms with Gasteiger partial charge < -0.3 is 4.42 Å². The van der Waals surface area contributed by atoms with Crippen LogP contribution in [0.2, 0.25) is 0 Å². The smallest absolute Gasteiger partial charge is 0.195 e. The minimum Gasteiger partial charge on any atom is -0.440 e. The lowest BCUT2D eigenvalue weighted by atomic mass is 10.1. The predicted molar refractivity (Wildman–Crippen MR) is 99.0 cm³/mol. The highest BCUT2D eigenvalue weighted by Gasteiger charge is 2.22. The van der Waals surface area contributed by atoms with E-state index >= 15 is 0 Å². The van der Waals surface area contributed by atoms with Crippen LogP contribution >= 0.6 is 0 Å². The number of rotatable bonds is 5. The monoisotopic (exact) mass is 328 g/mol. The van der Waals surface area contributed by atoms with Gasteiger partial charge in [0.2, 0.25) is 0 Å². The zero-order valence-electron chi connectivity index (χ0n) is 14.2. The van der Waals surface area contributed by atoms with Crippen LogP contribution in [0.3, 0.4) is 0 Å². The van der Waals surface area contributed by atoms with Crippen molar-refractivity contribution in [1.29, 1.82) is 5.26 Å². The number of oxazole rings is 1. The van der Waals surface area contributed by atoms with Crippen molar-refractivity contribution in [2.45, 2.75) is 38.5 Å². The second kappa shape index (κ2) is 6.94. The summed E-state index contributed by atoms with van der Waals surface area (Å²) in [4.78, 5) is 4.65. The Morgan fingerprint density at radius 3 is 2.72 bits per heavy atom. The van der Waals surface area contributed by atoms with Gasteiger partial charge in [-0.15, -0.1) is 0 Å². The molecule has 124 valence electrons. The molecule has 0 fully saturated rings. The SMILES string of the molecule is N#C/C=C1/CCc2ccc3nc(CCCCc4ccccc4)oc3c21. The van der Waals surface area contributed by atoms with Crippen molar-refractivity contribution in [3.05, 3.63) is 71.1 Å². The van der Waals surface area contributed by atoms with Gasteiger partial charge in [-0.25, -0.2) is 4.98 Å². The number of nitrogens with zero attached hydrogens (tertiary/aromatic N) is 2. The number of aromatic nitrogens is 1. The van der Waals surface area contributed by atoms with E-state index in [1.807, 2.05) is 6.07 Å². The van der Waals surface area contributed by atoms with Crippen molar-refractivity contribution < 1.29 is 4.42 Å². The fraction of sp³-hybridized carbons (Fsp3) is 0.273. The van der Waals surface area contributed by atoms with Gasteiger partial charge in [-0.05, 0) is 54.9 Å². The summed E-state index contributed by atoms with van der Waals surface area (Å²) >= 11 is 0. The fourth-order valence-corrected chi connectivity index (χ4v) is 3.61. The Labute approximate surface area is 147 Å². The number of unbranched alkanes of at least 4 members (excludes halogenated alkanes) is 1. The summed E-state index contributed by atoms with van der Waals surface area (Å²) < 4.78 is 6.08. The number of nitriles is 1. The molecule has 0 saturated heterocycles. The molecule has 0 amide bonds. The zero-order valence-corrected chi connectivity index (χ0v) is 14.2. The molecule has 3 heteroatoms. The molecule has 0 atom stereocenters. The van der Waals surface area contributed by atoms with Crippen molar-refractivity contribution in [1.82, 2.24) is 4.98 Å². The summed E-state index contributed by atoms with van der Waals surface area (Å²) in [6, 6.07) is 16.9. The van der Waals surface area contributed by atoms with E-state index in [1.165, 1.54) is 11.1 Å². The molecular weight excluding hydrogens is 308 g/mol. The first kappa shape index (κ1) is 15.7. The molecule has 1 aliphatic carbocycles. The second-order valence-electron chi connectivity index (χ2n) is 6.55. The summed E-state index contributed by atoms with van der Waals surface area (Å²) in [5, 5.41) is 8.99. The van der Waals surface area contributed by atoms with Gasteiger partial charge in [0.25, 0.3) is 0 Å². The minimum absolute atomic E-state index is 0.805. The Balaban J connectivity index is 1.48. The van der Waals surface area contributed by atoms with Crippen LogP contribution in [0, 0.1) is 11.3 Å². The van der Waals surface area contributed by atoms with E-state index < -0.39 is 0 Å². The number of hydrogen-bond acceptors (Lipinski definition) is 3. The third-order valence-corrected chi connectivity index (χ3v) is 4.86. The van der Waals surface area contributed by atoms with Crippen LogP contribution in [0.4, 0.5) is 0 Å². The van der Waals surface area contributed by atoms with E-state index in [0.29, 0.717) is 0 Å². The average Bonchev–Trinajstić information content (AvgIpc) is 3.23. The number of benzene rings is 2. The Bertz CT molecular complexity index is 961. The van der Waals surface area contributed by atoms with Gasteiger partial charge in [-0.3, -0.25) is 0 Å². The first-order valence-electron chi connectivity index (χ1n) is 8.89. The van der Waals surface area contributed by atoms with Crippen molar-refractivity contribution in [3.63, 3.8) is 0 Å². The fourth-order valence-electron chi connectivity index (χ4n) is 3.61. The molecule has 1 aliphatic rings. The van der Waals surface area contributed by atoms with Crippen molar-refractivity contribution in [2.24, 2.45) is 0 Å². The standard InChI is InChI=1S/C22H20N2O/c23-15-14-18-11-10-17-12-13-19-22(21(17)18)25-20(24-19)9-5-4-8-16-6-2-1-3-7-16/h1-3,6-7,12-14H,4-5,8-11H2/b18-14-. The molecule has 0 radical (unpaired) electrons. The number of aryl methyl sites for hydroxylation is 3. The van der Waals surface area contributed by atoms with Crippen molar-refractivity contribution in [2.75, 3.05) is 0 Å². The molecule has 0 N–H and O–H groups in total. The molecule has 25 heavy (non-hydrogen) atoms. The van der Waals surface area contributed by atoms with Crippen molar-refractivity contribution >= 4 is 16.7 Å². The summed E-state index contributed by atoms with van der Waals surface area (Å²) in [6.07, 6.45) is 7.67. The lowest BCUT2D eigenvalue weighted by molar-refractivity contribution is 0.513. The first-order chi connectivity index (χ1) is 12.3. The molecule has 3 aromatic rings. The van der Waals surface area contributed by atoms with Gasteiger partial charge in [0.05, 0.1) is 6.07 Å². The highest BCUT2D eigenvalue weighted by molar-refractivity contribution is 5.92. The topological polar surface area (TPSA) is 49.8 Å². The van der Waals surface area contributed by atoms with E-state index in [9.17, 15) is 0 Å². The van der Waals surface area contributed by atoms with E-state index in [2.05, 4.69) is 47.5 Å². The van der Waals surface area contributed by atoms with Crippen LogP contribution in [0.15, 0.2) is 53.0 Å². The molecule has 0 saturated carbocycles. The lowest BCUT2D eigenvalue weighted by Gasteiger charge is -2.00. The van der Waals surface area contributed by atoms with E-state index in [0.717, 1.165) is 66.7 Å². The van der Waals surface area contributed by atoms with E-state index in [-0.39, 0.29) is 0 Å². The van der Waals surface area contributed by atoms with Crippen LogP contribution in [0.5, 0.6) is 0 Å². The van der Waals surface area contributed by atoms with Crippen LogP contribution in [-0.4, -0.2) is 4.98 Å². The van der Waals surface area contributed by atoms with Gasteiger partial charge in [0, 0.05) is 18.1 Å². The molecule has 0 bridgehead atoms. The van der Waals surface area contributed by atoms with Gasteiger partial charge in [0.1, 0.15) is 5.52 Å². The zero-order chi connectivity index (χ0) is 17.1. The average molecular weight is 328 g/mol. The van der Waals surface area contributed by atoms with Crippen LogP contribution < -0.4 is 0 Å². The molecule has 3 nitrogen and oxygen atoms in total. The largest absolute Gasteiger partial charge is 0.440 e. The quantitative estimate of drug-likeness (QED) is 0.475. The molecule has 2 aromatic carbocycles. The van der Waals surface area contributed by atoms with Gasteiger partial charge in [-0.2, -0.15) is 5.26 Å². The van der Waals surface area contributed by atoms with Crippen LogP contribution in [-0.2, 0) is 19.3 Å². The third kappa shape index (κ3) is 3.21. The van der Waals surface area contributed by atoms with Crippen LogP contribution in [0.1, 0.15) is 41.8 Å². The molecule has 4 rings (SSSR count). The van der Waals surface area contributed by atoms with Gasteiger partial charge in [-0.1, -0.05) is 36.4 Å². The maximum Gasteiger partial charge on any atom is 0.195 e. The minimum atomic E-state index is 0.805. The molecule has 1 aromatic heterocycles. The first-order valence-corrected chi connectivity index (χ1v) is 8.89. The highest BCUT2D eigenvalue weighted by atomic mass is 16.3. The Morgan fingerprint density at radius 1 is 1.04 bits per heavy atom. The number of hydrogen-bond donors (Lipinski definition) is 0. The maximum absolute atomic E-state index is 8.99. The van der Waals surface area contributed by atoms with E-state index in [1.54, 1.807) is 6.08 Å². The number of allylic oxidation sites excluding steroid dienone is 2. The summed E-state index contributed by atoms with van der Waals surface area (Å²) in [7, 11) is 0. The normalized spacial score (nSPS) is 14.8. The summed E-state index contributed by atoms with van der Waals surface area (Å²) in [5.41, 5.74) is 6.58.